The van der Waals surface area contributed by atoms with Crippen LogP contribution in [0, 0.1) is 13.8 Å². The van der Waals surface area contributed by atoms with E-state index in [4.69, 9.17) is 9.72 Å². The summed E-state index contributed by atoms with van der Waals surface area (Å²) in [7, 11) is 1.67. The highest BCUT2D eigenvalue weighted by Crippen LogP contribution is 2.35. The monoisotopic (exact) mass is 496 g/mol. The van der Waals surface area contributed by atoms with Crippen LogP contribution in [0.1, 0.15) is 60.4 Å². The van der Waals surface area contributed by atoms with Crippen LogP contribution in [0.25, 0.3) is 10.2 Å². The molecule has 1 aliphatic heterocycles. The van der Waals surface area contributed by atoms with E-state index in [1.165, 1.54) is 16.2 Å². The van der Waals surface area contributed by atoms with Gasteiger partial charge in [0.05, 0.1) is 23.7 Å². The number of Topliss-reactive ketones (excluding diaryl/α,β-unsaturated/α-hetero) is 1. The summed E-state index contributed by atoms with van der Waals surface area (Å²) in [4.78, 5) is 50.2. The van der Waals surface area contributed by atoms with Gasteiger partial charge in [-0.2, -0.15) is 0 Å². The van der Waals surface area contributed by atoms with E-state index in [9.17, 15) is 14.4 Å². The summed E-state index contributed by atoms with van der Waals surface area (Å²) >= 11 is 1.51. The Hall–Kier alpha value is -3.04. The van der Waals surface area contributed by atoms with Crippen LogP contribution in [-0.4, -0.2) is 52.4 Å². The van der Waals surface area contributed by atoms with E-state index >= 15 is 0 Å². The summed E-state index contributed by atoms with van der Waals surface area (Å²) in [5, 5.41) is 0.577. The van der Waals surface area contributed by atoms with Gasteiger partial charge in [-0.25, -0.2) is 4.98 Å². The maximum Gasteiger partial charge on any atom is 0.267 e. The van der Waals surface area contributed by atoms with E-state index in [0.717, 1.165) is 23.5 Å². The van der Waals surface area contributed by atoms with Gasteiger partial charge in [0.2, 0.25) is 0 Å². The van der Waals surface area contributed by atoms with Crippen molar-refractivity contribution in [2.75, 3.05) is 25.0 Å². The number of likely N-dealkylation sites (N-methyl/N-ethyl adjacent to an activating group) is 1. The van der Waals surface area contributed by atoms with Gasteiger partial charge in [0.15, 0.2) is 11.9 Å². The second-order valence-electron chi connectivity index (χ2n) is 9.01. The molecule has 1 amide bonds. The van der Waals surface area contributed by atoms with Crippen molar-refractivity contribution < 1.29 is 14.3 Å². The van der Waals surface area contributed by atoms with E-state index in [-0.39, 0.29) is 17.2 Å². The molecule has 0 radical (unpaired) electrons. The number of nitrogens with zero attached hydrogens (tertiary/aromatic N) is 4. The lowest BCUT2D eigenvalue weighted by Crippen LogP contribution is -2.42. The van der Waals surface area contributed by atoms with Crippen LogP contribution in [0.5, 0.6) is 5.75 Å². The van der Waals surface area contributed by atoms with Crippen LogP contribution in [-0.2, 0) is 11.3 Å². The van der Waals surface area contributed by atoms with Crippen molar-refractivity contribution in [3.8, 4) is 5.75 Å². The van der Waals surface area contributed by atoms with Crippen molar-refractivity contribution >= 4 is 38.9 Å². The molecule has 0 saturated carbocycles. The zero-order chi connectivity index (χ0) is 25.6. The average molecular weight is 497 g/mol. The van der Waals surface area contributed by atoms with Crippen molar-refractivity contribution in [3.05, 3.63) is 50.4 Å². The van der Waals surface area contributed by atoms with Crippen LogP contribution < -0.4 is 15.2 Å². The molecule has 35 heavy (non-hydrogen) atoms. The first-order valence-electron chi connectivity index (χ1n) is 11.9. The molecule has 9 heteroatoms. The van der Waals surface area contributed by atoms with Crippen molar-refractivity contribution in [1.82, 2.24) is 14.5 Å². The number of thiophene rings is 1. The molecule has 186 valence electrons. The minimum Gasteiger partial charge on any atom is -0.479 e. The van der Waals surface area contributed by atoms with Crippen molar-refractivity contribution in [1.29, 1.82) is 0 Å². The molecule has 0 spiro atoms. The molecule has 0 bridgehead atoms. The van der Waals surface area contributed by atoms with Crippen LogP contribution in [0.2, 0.25) is 0 Å². The van der Waals surface area contributed by atoms with Gasteiger partial charge in [-0.1, -0.05) is 13.8 Å². The maximum absolute atomic E-state index is 13.8. The third-order valence-corrected chi connectivity index (χ3v) is 8.02. The Balaban J connectivity index is 1.82. The Kier molecular flexibility index (Phi) is 6.83. The number of fused-ring (bicyclic) bond motifs is 2. The molecule has 0 saturated heterocycles. The summed E-state index contributed by atoms with van der Waals surface area (Å²) < 4.78 is 7.24. The van der Waals surface area contributed by atoms with E-state index in [1.54, 1.807) is 43.7 Å². The highest BCUT2D eigenvalue weighted by molar-refractivity contribution is 7.18. The molecule has 1 aliphatic rings. The average Bonchev–Trinajstić information content (AvgIpc) is 3.13. The maximum atomic E-state index is 13.8. The predicted molar refractivity (Wildman–Crippen MR) is 139 cm³/mol. The lowest BCUT2D eigenvalue weighted by molar-refractivity contribution is -0.125. The molecule has 0 aliphatic carbocycles. The van der Waals surface area contributed by atoms with Crippen LogP contribution >= 0.6 is 11.3 Å². The summed E-state index contributed by atoms with van der Waals surface area (Å²) in [6.07, 6.45) is -0.579. The molecule has 2 aromatic heterocycles. The van der Waals surface area contributed by atoms with Gasteiger partial charge in [-0.3, -0.25) is 23.9 Å². The molecule has 2 atom stereocenters. The number of aryl methyl sites for hydroxylation is 2. The summed E-state index contributed by atoms with van der Waals surface area (Å²) in [5.74, 6) is 0.734. The van der Waals surface area contributed by atoms with Crippen LogP contribution in [0.15, 0.2) is 23.0 Å². The van der Waals surface area contributed by atoms with Gasteiger partial charge >= 0.3 is 0 Å². The molecular weight excluding hydrogens is 464 g/mol. The van der Waals surface area contributed by atoms with E-state index in [1.807, 2.05) is 13.8 Å². The number of anilines is 1. The number of ketones is 1. The predicted octanol–water partition coefficient (Wildman–Crippen LogP) is 4.10. The number of hydrogen-bond donors (Lipinski definition) is 0. The topological polar surface area (TPSA) is 84.7 Å². The molecule has 0 N–H and O–H groups in total. The first-order valence-corrected chi connectivity index (χ1v) is 12.8. The van der Waals surface area contributed by atoms with E-state index in [2.05, 4.69) is 18.7 Å². The Morgan fingerprint density at radius 3 is 2.57 bits per heavy atom. The van der Waals surface area contributed by atoms with Gasteiger partial charge in [-0.15, -0.1) is 11.3 Å². The van der Waals surface area contributed by atoms with E-state index < -0.39 is 12.1 Å². The fourth-order valence-corrected chi connectivity index (χ4v) is 5.57. The lowest BCUT2D eigenvalue weighted by atomic mass is 10.0. The van der Waals surface area contributed by atoms with Crippen molar-refractivity contribution in [2.45, 2.75) is 60.2 Å². The zero-order valence-electron chi connectivity index (χ0n) is 21.3. The molecule has 2 unspecified atom stereocenters. The minimum atomic E-state index is -0.771. The Labute approximate surface area is 209 Å². The van der Waals surface area contributed by atoms with Gasteiger partial charge in [-0.05, 0) is 64.5 Å². The Morgan fingerprint density at radius 1 is 1.23 bits per heavy atom. The SMILES string of the molecule is CCN(CC)Cc1nc2sc(C)c(C)c2c(=O)n1C(C)C(=O)c1ccc2c(c1)N(C)C(=O)C(C)O2. The highest BCUT2D eigenvalue weighted by Gasteiger charge is 2.31. The zero-order valence-corrected chi connectivity index (χ0v) is 22.2. The number of carbonyl (C=O) groups is 2. The van der Waals surface area contributed by atoms with Crippen molar-refractivity contribution in [3.63, 3.8) is 0 Å². The van der Waals surface area contributed by atoms with E-state index in [0.29, 0.717) is 39.6 Å². The largest absolute Gasteiger partial charge is 0.479 e. The summed E-state index contributed by atoms with van der Waals surface area (Å²) in [6, 6.07) is 4.29. The van der Waals surface area contributed by atoms with Crippen LogP contribution in [0.3, 0.4) is 0 Å². The third-order valence-electron chi connectivity index (χ3n) is 6.92. The van der Waals surface area contributed by atoms with Gasteiger partial charge in [0.1, 0.15) is 16.4 Å². The summed E-state index contributed by atoms with van der Waals surface area (Å²) in [6.45, 7) is 13.6. The Morgan fingerprint density at radius 2 is 1.91 bits per heavy atom. The fourth-order valence-electron chi connectivity index (χ4n) is 4.53. The van der Waals surface area contributed by atoms with Gasteiger partial charge in [0.25, 0.3) is 11.5 Å². The smallest absolute Gasteiger partial charge is 0.267 e. The minimum absolute atomic E-state index is 0.175. The quantitative estimate of drug-likeness (QED) is 0.458. The molecule has 0 fully saturated rings. The number of amides is 1. The first-order chi connectivity index (χ1) is 16.6. The highest BCUT2D eigenvalue weighted by atomic mass is 32.1. The van der Waals surface area contributed by atoms with Gasteiger partial charge < -0.3 is 9.64 Å². The molecule has 1 aromatic carbocycles. The van der Waals surface area contributed by atoms with Crippen LogP contribution in [0.4, 0.5) is 5.69 Å². The number of ether oxygens (including phenoxy) is 1. The normalized spacial score (nSPS) is 16.5. The third kappa shape index (κ3) is 4.27. The molecule has 4 rings (SSSR count). The van der Waals surface area contributed by atoms with Crippen molar-refractivity contribution in [2.24, 2.45) is 0 Å². The number of carbonyl (C=O) groups excluding carboxylic acids is 2. The summed E-state index contributed by atoms with van der Waals surface area (Å²) in [5.41, 5.74) is 1.67. The standard InChI is InChI=1S/C26H32N4O4S/c1-8-29(9-2)13-21-27-24-22(14(3)17(6)35-24)26(33)30(21)15(4)23(31)18-10-11-20-19(12-18)28(7)25(32)16(5)34-20/h10-12,15-16H,8-9,13H2,1-7H3. The molecule has 8 nitrogen and oxygen atoms in total. The Bertz CT molecular complexity index is 1370. The number of hydrogen-bond acceptors (Lipinski definition) is 7. The second-order valence-corrected chi connectivity index (χ2v) is 10.2. The molecule has 3 aromatic rings. The molecular formula is C26H32N4O4S. The second kappa shape index (κ2) is 9.54. The number of aromatic nitrogens is 2. The number of benzene rings is 1. The molecule has 3 heterocycles. The first kappa shape index (κ1) is 25.1. The number of rotatable bonds is 7. The lowest BCUT2D eigenvalue weighted by Gasteiger charge is -2.30. The van der Waals surface area contributed by atoms with Gasteiger partial charge in [0, 0.05) is 17.5 Å². The fraction of sp³-hybridized carbons (Fsp3) is 0.462.